The number of anilines is 1. The molecule has 1 fully saturated rings. The monoisotopic (exact) mass is 282 g/mol. The van der Waals surface area contributed by atoms with Crippen molar-refractivity contribution in [3.8, 4) is 0 Å². The highest BCUT2D eigenvalue weighted by molar-refractivity contribution is 6.30. The molecule has 19 heavy (non-hydrogen) atoms. The molecule has 1 heterocycles. The summed E-state index contributed by atoms with van der Waals surface area (Å²) in [5.41, 5.74) is 2.53. The van der Waals surface area contributed by atoms with Crippen molar-refractivity contribution in [2.24, 2.45) is 0 Å². The summed E-state index contributed by atoms with van der Waals surface area (Å²) < 4.78 is 5.61. The van der Waals surface area contributed by atoms with Gasteiger partial charge < -0.3 is 15.0 Å². The first-order chi connectivity index (χ1) is 9.06. The van der Waals surface area contributed by atoms with E-state index in [0.29, 0.717) is 6.04 Å². The molecule has 2 rings (SSSR count). The zero-order chi connectivity index (χ0) is 13.8. The largest absolute Gasteiger partial charge is 0.375 e. The van der Waals surface area contributed by atoms with Crippen LogP contribution in [0.5, 0.6) is 0 Å². The zero-order valence-corrected chi connectivity index (χ0v) is 12.7. The summed E-state index contributed by atoms with van der Waals surface area (Å²) in [7, 11) is 0. The van der Waals surface area contributed by atoms with E-state index < -0.39 is 0 Å². The van der Waals surface area contributed by atoms with E-state index in [4.69, 9.17) is 16.3 Å². The van der Waals surface area contributed by atoms with Gasteiger partial charge in [0, 0.05) is 36.4 Å². The number of benzene rings is 1. The molecule has 0 saturated carbocycles. The number of morpholine rings is 1. The van der Waals surface area contributed by atoms with Gasteiger partial charge in [0.15, 0.2) is 0 Å². The molecule has 0 spiro atoms. The summed E-state index contributed by atoms with van der Waals surface area (Å²) in [6, 6.07) is 6.62. The van der Waals surface area contributed by atoms with Gasteiger partial charge in [-0.1, -0.05) is 25.4 Å². The number of nitrogens with zero attached hydrogens (tertiary/aromatic N) is 1. The van der Waals surface area contributed by atoms with Crippen LogP contribution in [0.1, 0.15) is 26.3 Å². The number of ether oxygens (including phenoxy) is 1. The maximum atomic E-state index is 6.13. The predicted molar refractivity (Wildman–Crippen MR) is 81.1 cm³/mol. The number of nitrogens with one attached hydrogen (secondary N) is 1. The Balaban J connectivity index is 2.18. The van der Waals surface area contributed by atoms with Gasteiger partial charge in [0.1, 0.15) is 0 Å². The molecule has 0 amide bonds. The normalized spacial score (nSPS) is 20.1. The number of hydrogen-bond acceptors (Lipinski definition) is 3. The van der Waals surface area contributed by atoms with Gasteiger partial charge in [0.05, 0.1) is 12.7 Å². The molecule has 1 aliphatic rings. The molecule has 1 N–H and O–H groups in total. The Morgan fingerprint density at radius 1 is 1.47 bits per heavy atom. The highest BCUT2D eigenvalue weighted by Gasteiger charge is 2.19. The number of rotatable bonds is 4. The Bertz CT molecular complexity index is 423. The topological polar surface area (TPSA) is 24.5 Å². The SMILES string of the molecule is CC(C)NCc1cc(Cl)ccc1N1CCOC(C)C1. The molecule has 1 saturated heterocycles. The minimum Gasteiger partial charge on any atom is -0.375 e. The summed E-state index contributed by atoms with van der Waals surface area (Å²) in [5, 5.41) is 4.26. The first kappa shape index (κ1) is 14.6. The lowest BCUT2D eigenvalue weighted by molar-refractivity contribution is 0.0531. The summed E-state index contributed by atoms with van der Waals surface area (Å²) in [4.78, 5) is 2.39. The third kappa shape index (κ3) is 4.10. The average molecular weight is 283 g/mol. The Morgan fingerprint density at radius 3 is 2.95 bits per heavy atom. The van der Waals surface area contributed by atoms with Crippen molar-refractivity contribution in [3.05, 3.63) is 28.8 Å². The van der Waals surface area contributed by atoms with Crippen LogP contribution in [0.25, 0.3) is 0 Å². The van der Waals surface area contributed by atoms with Crippen LogP contribution in [-0.4, -0.2) is 31.8 Å². The van der Waals surface area contributed by atoms with Gasteiger partial charge in [-0.3, -0.25) is 0 Å². The van der Waals surface area contributed by atoms with E-state index in [9.17, 15) is 0 Å². The Kier molecular flexibility index (Phi) is 5.08. The molecular weight excluding hydrogens is 260 g/mol. The first-order valence-corrected chi connectivity index (χ1v) is 7.32. The highest BCUT2D eigenvalue weighted by Crippen LogP contribution is 2.26. The minimum absolute atomic E-state index is 0.287. The van der Waals surface area contributed by atoms with E-state index in [-0.39, 0.29) is 6.10 Å². The molecule has 106 valence electrons. The fraction of sp³-hybridized carbons (Fsp3) is 0.600. The molecule has 0 aliphatic carbocycles. The molecule has 4 heteroatoms. The van der Waals surface area contributed by atoms with Gasteiger partial charge in [0.25, 0.3) is 0 Å². The smallest absolute Gasteiger partial charge is 0.0722 e. The van der Waals surface area contributed by atoms with E-state index >= 15 is 0 Å². The fourth-order valence-corrected chi connectivity index (χ4v) is 2.55. The van der Waals surface area contributed by atoms with E-state index in [0.717, 1.165) is 31.3 Å². The third-order valence-electron chi connectivity index (χ3n) is 3.32. The van der Waals surface area contributed by atoms with Crippen LogP contribution in [0.4, 0.5) is 5.69 Å². The summed E-state index contributed by atoms with van der Waals surface area (Å²) in [5.74, 6) is 0. The molecule has 1 unspecified atom stereocenters. The molecule has 1 aliphatic heterocycles. The summed E-state index contributed by atoms with van der Waals surface area (Å²) in [6.45, 7) is 9.95. The molecule has 1 aromatic carbocycles. The van der Waals surface area contributed by atoms with E-state index in [1.165, 1.54) is 11.3 Å². The molecule has 1 atom stereocenters. The lowest BCUT2D eigenvalue weighted by Gasteiger charge is -2.34. The second-order valence-electron chi connectivity index (χ2n) is 5.44. The van der Waals surface area contributed by atoms with Crippen molar-refractivity contribution in [1.29, 1.82) is 0 Å². The molecular formula is C15H23ClN2O. The molecule has 0 aromatic heterocycles. The van der Waals surface area contributed by atoms with Crippen LogP contribution in [0, 0.1) is 0 Å². The Morgan fingerprint density at radius 2 is 2.26 bits per heavy atom. The molecule has 0 radical (unpaired) electrons. The fourth-order valence-electron chi connectivity index (χ4n) is 2.36. The molecule has 1 aromatic rings. The zero-order valence-electron chi connectivity index (χ0n) is 11.9. The van der Waals surface area contributed by atoms with E-state index in [1.807, 2.05) is 6.07 Å². The van der Waals surface area contributed by atoms with Crippen molar-refractivity contribution in [2.75, 3.05) is 24.6 Å². The lowest BCUT2D eigenvalue weighted by atomic mass is 10.1. The average Bonchev–Trinajstić information content (AvgIpc) is 2.36. The van der Waals surface area contributed by atoms with E-state index in [2.05, 4.69) is 43.1 Å². The number of halogens is 1. The highest BCUT2D eigenvalue weighted by atomic mass is 35.5. The Labute approximate surface area is 120 Å². The van der Waals surface area contributed by atoms with Crippen molar-refractivity contribution in [1.82, 2.24) is 5.32 Å². The maximum absolute atomic E-state index is 6.13. The predicted octanol–water partition coefficient (Wildman–Crippen LogP) is 3.06. The second kappa shape index (κ2) is 6.60. The minimum atomic E-state index is 0.287. The van der Waals surface area contributed by atoms with Gasteiger partial charge in [0.2, 0.25) is 0 Å². The van der Waals surface area contributed by atoms with Crippen molar-refractivity contribution in [2.45, 2.75) is 39.5 Å². The van der Waals surface area contributed by atoms with Crippen molar-refractivity contribution in [3.63, 3.8) is 0 Å². The molecule has 3 nitrogen and oxygen atoms in total. The van der Waals surface area contributed by atoms with Gasteiger partial charge >= 0.3 is 0 Å². The molecule has 0 bridgehead atoms. The summed E-state index contributed by atoms with van der Waals surface area (Å²) >= 11 is 6.13. The lowest BCUT2D eigenvalue weighted by Crippen LogP contribution is -2.41. The van der Waals surface area contributed by atoms with Crippen LogP contribution in [0.2, 0.25) is 5.02 Å². The summed E-state index contributed by atoms with van der Waals surface area (Å²) in [6.07, 6.45) is 0.287. The van der Waals surface area contributed by atoms with Gasteiger partial charge in [-0.15, -0.1) is 0 Å². The third-order valence-corrected chi connectivity index (χ3v) is 3.56. The van der Waals surface area contributed by atoms with Gasteiger partial charge in [-0.05, 0) is 30.7 Å². The van der Waals surface area contributed by atoms with Crippen molar-refractivity contribution >= 4 is 17.3 Å². The van der Waals surface area contributed by atoms with Crippen LogP contribution in [0.15, 0.2) is 18.2 Å². The van der Waals surface area contributed by atoms with E-state index in [1.54, 1.807) is 0 Å². The van der Waals surface area contributed by atoms with Gasteiger partial charge in [-0.25, -0.2) is 0 Å². The second-order valence-corrected chi connectivity index (χ2v) is 5.87. The van der Waals surface area contributed by atoms with Crippen molar-refractivity contribution < 1.29 is 4.74 Å². The standard InChI is InChI=1S/C15H23ClN2O/c1-11(2)17-9-13-8-14(16)4-5-15(13)18-6-7-19-12(3)10-18/h4-5,8,11-12,17H,6-7,9-10H2,1-3H3. The maximum Gasteiger partial charge on any atom is 0.0722 e. The first-order valence-electron chi connectivity index (χ1n) is 6.94. The number of hydrogen-bond donors (Lipinski definition) is 1. The van der Waals surface area contributed by atoms with Crippen LogP contribution < -0.4 is 10.2 Å². The Hall–Kier alpha value is -0.770. The van der Waals surface area contributed by atoms with Crippen LogP contribution in [-0.2, 0) is 11.3 Å². The van der Waals surface area contributed by atoms with Crippen LogP contribution >= 0.6 is 11.6 Å². The van der Waals surface area contributed by atoms with Gasteiger partial charge in [-0.2, -0.15) is 0 Å². The quantitative estimate of drug-likeness (QED) is 0.919. The van der Waals surface area contributed by atoms with Crippen LogP contribution in [0.3, 0.4) is 0 Å².